The van der Waals surface area contributed by atoms with Crippen molar-refractivity contribution in [2.75, 3.05) is 6.54 Å². The molecule has 3 N–H and O–H groups in total. The van der Waals surface area contributed by atoms with Crippen LogP contribution in [0.1, 0.15) is 30.8 Å². The van der Waals surface area contributed by atoms with Crippen LogP contribution in [0.2, 0.25) is 0 Å². The highest BCUT2D eigenvalue weighted by Crippen LogP contribution is 2.14. The molecule has 0 radical (unpaired) electrons. The van der Waals surface area contributed by atoms with Crippen LogP contribution >= 0.6 is 0 Å². The molecule has 5 heteroatoms. The van der Waals surface area contributed by atoms with Crippen molar-refractivity contribution in [2.24, 2.45) is 5.92 Å². The molecule has 0 saturated carbocycles. The van der Waals surface area contributed by atoms with Gasteiger partial charge in [-0.15, -0.1) is 0 Å². The fourth-order valence-corrected chi connectivity index (χ4v) is 2.06. The second-order valence-electron chi connectivity index (χ2n) is 5.11. The van der Waals surface area contributed by atoms with E-state index in [9.17, 15) is 9.90 Å². The second kappa shape index (κ2) is 5.84. The number of aliphatic hydroxyl groups excluding tert-OH is 1. The number of fused-ring (bicyclic) bond motifs is 1. The fourth-order valence-electron chi connectivity index (χ4n) is 2.06. The smallest absolute Gasteiger partial charge is 0.272 e. The molecule has 2 rings (SSSR count). The van der Waals surface area contributed by atoms with Crippen LogP contribution in [0, 0.1) is 5.92 Å². The van der Waals surface area contributed by atoms with Gasteiger partial charge < -0.3 is 10.4 Å². The highest BCUT2D eigenvalue weighted by Gasteiger charge is 2.15. The van der Waals surface area contributed by atoms with Crippen LogP contribution in [0.25, 0.3) is 10.9 Å². The van der Waals surface area contributed by atoms with E-state index in [0.717, 1.165) is 10.9 Å². The molecule has 102 valence electrons. The highest BCUT2D eigenvalue weighted by molar-refractivity contribution is 6.04. The van der Waals surface area contributed by atoms with Gasteiger partial charge in [-0.25, -0.2) is 0 Å². The van der Waals surface area contributed by atoms with E-state index in [0.29, 0.717) is 18.0 Å². The van der Waals surface area contributed by atoms with E-state index in [-0.39, 0.29) is 12.5 Å². The summed E-state index contributed by atoms with van der Waals surface area (Å²) in [6.07, 6.45) is 0.149. The molecule has 0 fully saturated rings. The predicted molar refractivity (Wildman–Crippen MR) is 73.9 cm³/mol. The average molecular weight is 261 g/mol. The van der Waals surface area contributed by atoms with Gasteiger partial charge in [-0.05, 0) is 18.4 Å². The molecule has 1 atom stereocenters. The van der Waals surface area contributed by atoms with Crippen molar-refractivity contribution < 1.29 is 9.90 Å². The monoisotopic (exact) mass is 261 g/mol. The number of nitrogens with zero attached hydrogens (tertiary/aromatic N) is 1. The third-order valence-electron chi connectivity index (χ3n) is 2.93. The first kappa shape index (κ1) is 13.5. The van der Waals surface area contributed by atoms with Crippen molar-refractivity contribution in [3.63, 3.8) is 0 Å². The molecule has 0 spiro atoms. The van der Waals surface area contributed by atoms with Crippen LogP contribution in [0.15, 0.2) is 24.3 Å². The topological polar surface area (TPSA) is 78.0 Å². The van der Waals surface area contributed by atoms with Gasteiger partial charge in [0.25, 0.3) is 5.91 Å². The zero-order chi connectivity index (χ0) is 13.8. The largest absolute Gasteiger partial charge is 0.391 e. The summed E-state index contributed by atoms with van der Waals surface area (Å²) in [5.41, 5.74) is 1.20. The Morgan fingerprint density at radius 3 is 2.89 bits per heavy atom. The third kappa shape index (κ3) is 3.32. The highest BCUT2D eigenvalue weighted by atomic mass is 16.3. The first-order valence-electron chi connectivity index (χ1n) is 6.47. The molecule has 1 aromatic heterocycles. The lowest BCUT2D eigenvalue weighted by atomic mass is 10.1. The second-order valence-corrected chi connectivity index (χ2v) is 5.11. The summed E-state index contributed by atoms with van der Waals surface area (Å²) in [4.78, 5) is 12.0. The Morgan fingerprint density at radius 1 is 1.42 bits per heavy atom. The number of H-pyrrole nitrogens is 1. The van der Waals surface area contributed by atoms with E-state index in [1.807, 2.05) is 38.1 Å². The van der Waals surface area contributed by atoms with Crippen molar-refractivity contribution in [3.05, 3.63) is 30.0 Å². The number of nitrogens with one attached hydrogen (secondary N) is 2. The maximum absolute atomic E-state index is 12.0. The quantitative estimate of drug-likeness (QED) is 0.766. The molecule has 1 heterocycles. The predicted octanol–water partition coefficient (Wildman–Crippen LogP) is 1.70. The summed E-state index contributed by atoms with van der Waals surface area (Å²) in [7, 11) is 0. The van der Waals surface area contributed by atoms with Gasteiger partial charge in [-0.2, -0.15) is 5.10 Å². The van der Waals surface area contributed by atoms with Crippen molar-refractivity contribution in [2.45, 2.75) is 26.4 Å². The lowest BCUT2D eigenvalue weighted by Gasteiger charge is -2.13. The molecule has 0 bridgehead atoms. The van der Waals surface area contributed by atoms with Gasteiger partial charge in [0, 0.05) is 11.9 Å². The number of aliphatic hydroxyl groups is 1. The lowest BCUT2D eigenvalue weighted by molar-refractivity contribution is 0.0897. The zero-order valence-corrected chi connectivity index (χ0v) is 11.2. The van der Waals surface area contributed by atoms with Gasteiger partial charge in [0.2, 0.25) is 0 Å². The Hall–Kier alpha value is -1.88. The van der Waals surface area contributed by atoms with Crippen LogP contribution in [-0.4, -0.2) is 33.9 Å². The lowest BCUT2D eigenvalue weighted by Crippen LogP contribution is -2.33. The van der Waals surface area contributed by atoms with Gasteiger partial charge in [-0.3, -0.25) is 9.89 Å². The number of aromatic nitrogens is 2. The summed E-state index contributed by atoms with van der Waals surface area (Å²) in [6.45, 7) is 4.32. The van der Waals surface area contributed by atoms with Crippen molar-refractivity contribution >= 4 is 16.8 Å². The number of hydrogen-bond donors (Lipinski definition) is 3. The molecule has 0 aliphatic rings. The van der Waals surface area contributed by atoms with E-state index < -0.39 is 6.10 Å². The van der Waals surface area contributed by atoms with E-state index >= 15 is 0 Å². The van der Waals surface area contributed by atoms with E-state index in [1.165, 1.54) is 0 Å². The Balaban J connectivity index is 2.00. The molecule has 2 aromatic rings. The van der Waals surface area contributed by atoms with Crippen LogP contribution in [0.3, 0.4) is 0 Å². The van der Waals surface area contributed by atoms with Gasteiger partial charge in [0.05, 0.1) is 11.6 Å². The summed E-state index contributed by atoms with van der Waals surface area (Å²) in [6, 6.07) is 7.46. The van der Waals surface area contributed by atoms with Crippen molar-refractivity contribution in [1.29, 1.82) is 0 Å². The van der Waals surface area contributed by atoms with E-state index in [1.54, 1.807) is 0 Å². The van der Waals surface area contributed by atoms with Crippen LogP contribution in [-0.2, 0) is 0 Å². The maximum atomic E-state index is 12.0. The number of benzene rings is 1. The first-order valence-corrected chi connectivity index (χ1v) is 6.47. The molecule has 0 aliphatic carbocycles. The number of rotatable bonds is 5. The Kier molecular flexibility index (Phi) is 4.16. The Morgan fingerprint density at radius 2 is 2.16 bits per heavy atom. The van der Waals surface area contributed by atoms with Crippen LogP contribution in [0.4, 0.5) is 0 Å². The van der Waals surface area contributed by atoms with Gasteiger partial charge in [0.1, 0.15) is 0 Å². The summed E-state index contributed by atoms with van der Waals surface area (Å²) < 4.78 is 0. The number of carbonyl (C=O) groups is 1. The van der Waals surface area contributed by atoms with E-state index in [2.05, 4.69) is 15.5 Å². The van der Waals surface area contributed by atoms with Crippen molar-refractivity contribution in [1.82, 2.24) is 15.5 Å². The van der Waals surface area contributed by atoms with Gasteiger partial charge in [0.15, 0.2) is 5.69 Å². The minimum Gasteiger partial charge on any atom is -0.391 e. The SMILES string of the molecule is CC(C)CC(O)CNC(=O)c1n[nH]c2ccccc12. The maximum Gasteiger partial charge on any atom is 0.272 e. The molecule has 5 nitrogen and oxygen atoms in total. The van der Waals surface area contributed by atoms with Crippen LogP contribution in [0.5, 0.6) is 0 Å². The standard InChI is InChI=1S/C14H19N3O2/c1-9(2)7-10(18)8-15-14(19)13-11-5-3-4-6-12(11)16-17-13/h3-6,9-10,18H,7-8H2,1-2H3,(H,15,19)(H,16,17). The normalized spacial score (nSPS) is 12.8. The third-order valence-corrected chi connectivity index (χ3v) is 2.93. The van der Waals surface area contributed by atoms with Gasteiger partial charge in [-0.1, -0.05) is 32.0 Å². The fraction of sp³-hybridized carbons (Fsp3) is 0.429. The molecular weight excluding hydrogens is 242 g/mol. The number of para-hydroxylation sites is 1. The molecule has 19 heavy (non-hydrogen) atoms. The number of carbonyl (C=O) groups excluding carboxylic acids is 1. The molecular formula is C14H19N3O2. The molecule has 1 unspecified atom stereocenters. The Labute approximate surface area is 112 Å². The zero-order valence-electron chi connectivity index (χ0n) is 11.2. The molecule has 0 saturated heterocycles. The van der Waals surface area contributed by atoms with Crippen molar-refractivity contribution in [3.8, 4) is 0 Å². The molecule has 1 aromatic carbocycles. The molecule has 1 amide bonds. The van der Waals surface area contributed by atoms with Crippen LogP contribution < -0.4 is 5.32 Å². The number of amides is 1. The van der Waals surface area contributed by atoms with E-state index in [4.69, 9.17) is 0 Å². The summed E-state index contributed by atoms with van der Waals surface area (Å²) in [5.74, 6) is 0.137. The molecule has 0 aliphatic heterocycles. The minimum absolute atomic E-state index is 0.248. The summed E-state index contributed by atoms with van der Waals surface area (Å²) >= 11 is 0. The average Bonchev–Trinajstić information content (AvgIpc) is 2.79. The minimum atomic E-state index is -0.519. The first-order chi connectivity index (χ1) is 9.08. The Bertz CT molecular complexity index is 563. The summed E-state index contributed by atoms with van der Waals surface area (Å²) in [5, 5.41) is 20.1. The van der Waals surface area contributed by atoms with Gasteiger partial charge >= 0.3 is 0 Å². The number of aromatic amines is 1. The number of hydrogen-bond acceptors (Lipinski definition) is 3.